The molecule has 0 unspecified atom stereocenters. The molecule has 0 bridgehead atoms. The molecule has 2 aromatic heterocycles. The van der Waals surface area contributed by atoms with Gasteiger partial charge in [0, 0.05) is 19.0 Å². The highest BCUT2D eigenvalue weighted by Crippen LogP contribution is 2.25. The molecule has 2 aromatic rings. The molecule has 3 N–H and O–H groups in total. The second kappa shape index (κ2) is 5.16. The monoisotopic (exact) mass is 248 g/mol. The lowest BCUT2D eigenvalue weighted by molar-refractivity contribution is 0.510. The van der Waals surface area contributed by atoms with E-state index in [0.717, 1.165) is 35.9 Å². The first kappa shape index (κ1) is 12.5. The minimum atomic E-state index is 0.284. The Balaban J connectivity index is 2.04. The first-order valence-electron chi connectivity index (χ1n) is 6.20. The number of aryl methyl sites for hydroxylation is 1. The summed E-state index contributed by atoms with van der Waals surface area (Å²) in [5.41, 5.74) is 7.62. The second-order valence-corrected chi connectivity index (χ2v) is 4.64. The Hall–Kier alpha value is -1.91. The zero-order valence-corrected chi connectivity index (χ0v) is 11.1. The summed E-state index contributed by atoms with van der Waals surface area (Å²) in [5.74, 6) is 1.86. The zero-order valence-electron chi connectivity index (χ0n) is 11.1. The Labute approximate surface area is 107 Å². The van der Waals surface area contributed by atoms with E-state index in [-0.39, 0.29) is 6.04 Å². The van der Waals surface area contributed by atoms with Crippen molar-refractivity contribution in [2.24, 2.45) is 0 Å². The highest BCUT2D eigenvalue weighted by Gasteiger charge is 2.14. The summed E-state index contributed by atoms with van der Waals surface area (Å²) in [6, 6.07) is 4.15. The number of nitrogens with one attached hydrogen (secondary N) is 1. The summed E-state index contributed by atoms with van der Waals surface area (Å²) in [6.45, 7) is 6.87. The second-order valence-electron chi connectivity index (χ2n) is 4.64. The number of rotatable bonds is 5. The van der Waals surface area contributed by atoms with E-state index in [1.165, 1.54) is 0 Å². The molecule has 0 spiro atoms. The smallest absolute Gasteiger partial charge is 0.148 e. The first-order valence-corrected chi connectivity index (χ1v) is 6.20. The van der Waals surface area contributed by atoms with Gasteiger partial charge in [-0.1, -0.05) is 0 Å². The molecular formula is C13H20N4O. The van der Waals surface area contributed by atoms with Gasteiger partial charge in [0.2, 0.25) is 0 Å². The summed E-state index contributed by atoms with van der Waals surface area (Å²) in [5, 5.41) is 7.77. The largest absolute Gasteiger partial charge is 0.469 e. The van der Waals surface area contributed by atoms with Crippen LogP contribution < -0.4 is 11.1 Å². The third-order valence-corrected chi connectivity index (χ3v) is 2.86. The van der Waals surface area contributed by atoms with E-state index in [4.69, 9.17) is 10.2 Å². The molecule has 2 heterocycles. The molecule has 0 saturated carbocycles. The lowest BCUT2D eigenvalue weighted by Crippen LogP contribution is -2.13. The van der Waals surface area contributed by atoms with Gasteiger partial charge in [-0.05, 0) is 32.9 Å². The van der Waals surface area contributed by atoms with Crippen molar-refractivity contribution in [2.75, 3.05) is 17.6 Å². The van der Waals surface area contributed by atoms with Crippen LogP contribution in [-0.2, 0) is 6.42 Å². The van der Waals surface area contributed by atoms with Crippen LogP contribution in [0, 0.1) is 6.92 Å². The number of nitrogen functional groups attached to an aromatic ring is 1. The molecule has 0 aliphatic rings. The van der Waals surface area contributed by atoms with E-state index < -0.39 is 0 Å². The van der Waals surface area contributed by atoms with Crippen molar-refractivity contribution in [3.05, 3.63) is 29.9 Å². The van der Waals surface area contributed by atoms with Crippen molar-refractivity contribution in [3.63, 3.8) is 0 Å². The molecule has 0 atom stereocenters. The van der Waals surface area contributed by atoms with Crippen molar-refractivity contribution < 1.29 is 4.42 Å². The van der Waals surface area contributed by atoms with Crippen molar-refractivity contribution >= 4 is 11.5 Å². The van der Waals surface area contributed by atoms with Crippen molar-refractivity contribution in [1.29, 1.82) is 0 Å². The Morgan fingerprint density at radius 3 is 2.89 bits per heavy atom. The van der Waals surface area contributed by atoms with E-state index in [9.17, 15) is 0 Å². The van der Waals surface area contributed by atoms with Gasteiger partial charge in [0.25, 0.3) is 0 Å². The van der Waals surface area contributed by atoms with Crippen LogP contribution in [0.3, 0.4) is 0 Å². The van der Waals surface area contributed by atoms with Crippen LogP contribution in [-0.4, -0.2) is 16.3 Å². The maximum absolute atomic E-state index is 6.03. The van der Waals surface area contributed by atoms with E-state index in [2.05, 4.69) is 24.3 Å². The molecule has 2 rings (SSSR count). The predicted molar refractivity (Wildman–Crippen MR) is 72.7 cm³/mol. The fourth-order valence-electron chi connectivity index (χ4n) is 1.87. The molecule has 0 saturated heterocycles. The average molecular weight is 248 g/mol. The highest BCUT2D eigenvalue weighted by atomic mass is 16.3. The van der Waals surface area contributed by atoms with Crippen LogP contribution in [0.1, 0.15) is 31.3 Å². The molecule has 0 radical (unpaired) electrons. The third kappa shape index (κ3) is 2.50. The van der Waals surface area contributed by atoms with Gasteiger partial charge in [-0.3, -0.25) is 0 Å². The lowest BCUT2D eigenvalue weighted by Gasteiger charge is -2.12. The van der Waals surface area contributed by atoms with Crippen LogP contribution in [0.4, 0.5) is 11.5 Å². The van der Waals surface area contributed by atoms with Gasteiger partial charge >= 0.3 is 0 Å². The summed E-state index contributed by atoms with van der Waals surface area (Å²) in [7, 11) is 0. The number of hydrogen-bond donors (Lipinski definition) is 2. The number of furan rings is 1. The Morgan fingerprint density at radius 1 is 1.50 bits per heavy atom. The standard InChI is InChI=1S/C13H20N4O/c1-9(2)17-13(12(14)10(3)16-17)15-7-6-11-5-4-8-18-11/h4-5,8-9,15H,6-7,14H2,1-3H3. The molecule has 0 fully saturated rings. The topological polar surface area (TPSA) is 69.0 Å². The zero-order chi connectivity index (χ0) is 13.1. The molecule has 5 heteroatoms. The quantitative estimate of drug-likeness (QED) is 0.853. The Kier molecular flexibility index (Phi) is 3.60. The van der Waals surface area contributed by atoms with Crippen LogP contribution in [0.5, 0.6) is 0 Å². The van der Waals surface area contributed by atoms with Crippen LogP contribution in [0.2, 0.25) is 0 Å². The normalized spacial score (nSPS) is 11.1. The SMILES string of the molecule is Cc1nn(C(C)C)c(NCCc2ccco2)c1N. The molecule has 98 valence electrons. The van der Waals surface area contributed by atoms with Gasteiger partial charge in [0.1, 0.15) is 11.6 Å². The summed E-state index contributed by atoms with van der Waals surface area (Å²) >= 11 is 0. The lowest BCUT2D eigenvalue weighted by atomic mass is 10.3. The molecule has 0 aromatic carbocycles. The van der Waals surface area contributed by atoms with Crippen LogP contribution >= 0.6 is 0 Å². The predicted octanol–water partition coefficient (Wildman–Crippen LogP) is 2.60. The van der Waals surface area contributed by atoms with Crippen molar-refractivity contribution in [1.82, 2.24) is 9.78 Å². The van der Waals surface area contributed by atoms with E-state index in [1.807, 2.05) is 23.7 Å². The van der Waals surface area contributed by atoms with E-state index >= 15 is 0 Å². The van der Waals surface area contributed by atoms with Gasteiger partial charge in [-0.15, -0.1) is 0 Å². The molecule has 18 heavy (non-hydrogen) atoms. The van der Waals surface area contributed by atoms with Crippen LogP contribution in [0.15, 0.2) is 22.8 Å². The number of aromatic nitrogens is 2. The minimum absolute atomic E-state index is 0.284. The minimum Gasteiger partial charge on any atom is -0.469 e. The van der Waals surface area contributed by atoms with Gasteiger partial charge in [-0.2, -0.15) is 5.10 Å². The van der Waals surface area contributed by atoms with Gasteiger partial charge in [0.05, 0.1) is 17.6 Å². The summed E-state index contributed by atoms with van der Waals surface area (Å²) < 4.78 is 7.21. The van der Waals surface area contributed by atoms with Gasteiger partial charge in [0.15, 0.2) is 0 Å². The first-order chi connectivity index (χ1) is 8.59. The molecular weight excluding hydrogens is 228 g/mol. The van der Waals surface area contributed by atoms with Gasteiger partial charge in [-0.25, -0.2) is 4.68 Å². The third-order valence-electron chi connectivity index (χ3n) is 2.86. The summed E-state index contributed by atoms with van der Waals surface area (Å²) in [4.78, 5) is 0. The fourth-order valence-corrected chi connectivity index (χ4v) is 1.87. The molecule has 0 aliphatic heterocycles. The summed E-state index contributed by atoms with van der Waals surface area (Å²) in [6.07, 6.45) is 2.51. The highest BCUT2D eigenvalue weighted by molar-refractivity contribution is 5.64. The number of hydrogen-bond acceptors (Lipinski definition) is 4. The average Bonchev–Trinajstić information content (AvgIpc) is 2.92. The Morgan fingerprint density at radius 2 is 2.28 bits per heavy atom. The van der Waals surface area contributed by atoms with E-state index in [1.54, 1.807) is 6.26 Å². The van der Waals surface area contributed by atoms with E-state index in [0.29, 0.717) is 0 Å². The molecule has 0 amide bonds. The number of nitrogens with two attached hydrogens (primary N) is 1. The van der Waals surface area contributed by atoms with Gasteiger partial charge < -0.3 is 15.5 Å². The number of nitrogens with zero attached hydrogens (tertiary/aromatic N) is 2. The van der Waals surface area contributed by atoms with Crippen LogP contribution in [0.25, 0.3) is 0 Å². The van der Waals surface area contributed by atoms with Crippen molar-refractivity contribution in [3.8, 4) is 0 Å². The van der Waals surface area contributed by atoms with Crippen molar-refractivity contribution in [2.45, 2.75) is 33.2 Å². The Bertz CT molecular complexity index is 499. The number of anilines is 2. The molecule has 0 aliphatic carbocycles. The maximum atomic E-state index is 6.03. The maximum Gasteiger partial charge on any atom is 0.148 e. The molecule has 5 nitrogen and oxygen atoms in total. The fraction of sp³-hybridized carbons (Fsp3) is 0.462.